The zero-order valence-corrected chi connectivity index (χ0v) is 24.7. The van der Waals surface area contributed by atoms with Crippen molar-refractivity contribution in [1.82, 2.24) is 0 Å². The van der Waals surface area contributed by atoms with Crippen molar-refractivity contribution in [2.24, 2.45) is 0 Å². The molecule has 0 radical (unpaired) electrons. The molecule has 2 N–H and O–H groups in total. The standard InChI is InChI=1S/C31H27NO6S3/c1-21-16-18-24(19-17-21)41(37,38)32-20-26-29(25-13-7-8-14-27(25)32)31(39(33,34)28-15-9-6-10-22(28)2)40(35,36)30(26)23-11-4-3-5-12-23/h3-19,35-36H,20H2,1-2H3. The number of para-hydroxylation sites is 1. The van der Waals surface area contributed by atoms with Gasteiger partial charge in [0.15, 0.2) is 4.24 Å². The molecule has 2 heterocycles. The Morgan fingerprint density at radius 3 is 2.02 bits per heavy atom. The van der Waals surface area contributed by atoms with Crippen LogP contribution >= 0.6 is 10.6 Å². The van der Waals surface area contributed by atoms with Gasteiger partial charge in [0.1, 0.15) is 0 Å². The van der Waals surface area contributed by atoms with E-state index in [1.807, 2.05) is 6.92 Å². The van der Waals surface area contributed by atoms with Gasteiger partial charge in [-0.25, -0.2) is 16.8 Å². The first-order valence-corrected chi connectivity index (χ1v) is 17.2. The lowest BCUT2D eigenvalue weighted by atomic mass is 9.92. The number of sulfonamides is 1. The summed E-state index contributed by atoms with van der Waals surface area (Å²) in [6.07, 6.45) is 0. The van der Waals surface area contributed by atoms with Gasteiger partial charge in [-0.05, 0) is 49.2 Å². The van der Waals surface area contributed by atoms with Crippen molar-refractivity contribution in [3.8, 4) is 0 Å². The largest absolute Gasteiger partial charge is 0.290 e. The summed E-state index contributed by atoms with van der Waals surface area (Å²) in [5, 5.41) is 0. The van der Waals surface area contributed by atoms with Crippen LogP contribution in [0.2, 0.25) is 0 Å². The second-order valence-electron chi connectivity index (χ2n) is 10.00. The smallest absolute Gasteiger partial charge is 0.264 e. The van der Waals surface area contributed by atoms with E-state index in [4.69, 9.17) is 0 Å². The normalized spacial score (nSPS) is 17.3. The average molecular weight is 606 g/mol. The summed E-state index contributed by atoms with van der Waals surface area (Å²) in [7, 11) is -12.7. The fourth-order valence-corrected chi connectivity index (χ4v) is 11.7. The maximum atomic E-state index is 14.3. The zero-order valence-electron chi connectivity index (χ0n) is 22.2. The van der Waals surface area contributed by atoms with Crippen LogP contribution in [-0.4, -0.2) is 32.5 Å². The first kappa shape index (κ1) is 27.5. The number of nitrogens with zero attached hydrogens (tertiary/aromatic N) is 1. The van der Waals surface area contributed by atoms with Crippen LogP contribution < -0.4 is 4.31 Å². The van der Waals surface area contributed by atoms with Crippen LogP contribution in [0.25, 0.3) is 10.5 Å². The number of hydrogen-bond acceptors (Lipinski definition) is 6. The molecule has 0 spiro atoms. The summed E-state index contributed by atoms with van der Waals surface area (Å²) >= 11 is 0. The molecule has 0 fully saturated rings. The van der Waals surface area contributed by atoms with Gasteiger partial charge in [0.05, 0.1) is 26.9 Å². The molecule has 0 aliphatic carbocycles. The van der Waals surface area contributed by atoms with E-state index in [9.17, 15) is 25.9 Å². The van der Waals surface area contributed by atoms with E-state index < -0.39 is 34.7 Å². The van der Waals surface area contributed by atoms with Gasteiger partial charge in [0, 0.05) is 16.7 Å². The van der Waals surface area contributed by atoms with Crippen LogP contribution in [-0.2, 0) is 19.9 Å². The van der Waals surface area contributed by atoms with Gasteiger partial charge in [-0.2, -0.15) is 0 Å². The molecule has 2 aliphatic rings. The first-order valence-electron chi connectivity index (χ1n) is 12.8. The molecule has 210 valence electrons. The van der Waals surface area contributed by atoms with Gasteiger partial charge in [0.25, 0.3) is 10.0 Å². The molecule has 0 saturated heterocycles. The monoisotopic (exact) mass is 605 g/mol. The van der Waals surface area contributed by atoms with Gasteiger partial charge in [-0.1, -0.05) is 84.4 Å². The first-order chi connectivity index (χ1) is 19.5. The molecule has 41 heavy (non-hydrogen) atoms. The minimum absolute atomic E-state index is 0.0128. The van der Waals surface area contributed by atoms with Gasteiger partial charge >= 0.3 is 0 Å². The lowest BCUT2D eigenvalue weighted by Crippen LogP contribution is -2.36. The minimum atomic E-state index is -4.43. The van der Waals surface area contributed by atoms with E-state index >= 15 is 0 Å². The molecule has 7 nitrogen and oxygen atoms in total. The highest BCUT2D eigenvalue weighted by Gasteiger charge is 2.50. The Morgan fingerprint density at radius 1 is 0.732 bits per heavy atom. The predicted octanol–water partition coefficient (Wildman–Crippen LogP) is 6.83. The van der Waals surface area contributed by atoms with Crippen LogP contribution in [0.15, 0.2) is 123 Å². The summed E-state index contributed by atoms with van der Waals surface area (Å²) in [6.45, 7) is 3.23. The van der Waals surface area contributed by atoms with E-state index in [1.165, 1.54) is 22.5 Å². The van der Waals surface area contributed by atoms with Crippen LogP contribution in [0.3, 0.4) is 0 Å². The van der Waals surface area contributed by atoms with Crippen molar-refractivity contribution in [2.45, 2.75) is 23.6 Å². The lowest BCUT2D eigenvalue weighted by molar-refractivity contribution is 0.511. The van der Waals surface area contributed by atoms with Crippen LogP contribution in [0.4, 0.5) is 5.69 Å². The number of hydrogen-bond donors (Lipinski definition) is 2. The van der Waals surface area contributed by atoms with Crippen molar-refractivity contribution in [1.29, 1.82) is 0 Å². The van der Waals surface area contributed by atoms with E-state index in [-0.39, 0.29) is 38.1 Å². The minimum Gasteiger partial charge on any atom is -0.290 e. The molecule has 0 saturated carbocycles. The zero-order chi connectivity index (χ0) is 29.2. The number of anilines is 1. The Bertz CT molecular complexity index is 1980. The number of benzene rings is 4. The molecule has 10 heteroatoms. The van der Waals surface area contributed by atoms with Gasteiger partial charge < -0.3 is 0 Å². The molecule has 0 aromatic heterocycles. The summed E-state index contributed by atoms with van der Waals surface area (Å²) in [4.78, 5) is 0.0479. The topological polar surface area (TPSA) is 112 Å². The molecule has 4 aromatic carbocycles. The van der Waals surface area contributed by atoms with Gasteiger partial charge in [-0.15, -0.1) is 10.6 Å². The van der Waals surface area contributed by atoms with Crippen molar-refractivity contribution in [3.05, 3.63) is 135 Å². The Morgan fingerprint density at radius 2 is 1.34 bits per heavy atom. The van der Waals surface area contributed by atoms with Crippen molar-refractivity contribution < 1.29 is 25.9 Å². The van der Waals surface area contributed by atoms with E-state index in [0.29, 0.717) is 16.7 Å². The summed E-state index contributed by atoms with van der Waals surface area (Å²) in [6, 6.07) is 28.0. The van der Waals surface area contributed by atoms with Crippen LogP contribution in [0.1, 0.15) is 22.3 Å². The van der Waals surface area contributed by atoms with Gasteiger partial charge in [-0.3, -0.25) is 13.4 Å². The molecular formula is C31H27NO6S3. The highest BCUT2D eigenvalue weighted by Crippen LogP contribution is 2.72. The number of aryl methyl sites for hydroxylation is 2. The van der Waals surface area contributed by atoms with E-state index in [2.05, 4.69) is 0 Å². The SMILES string of the molecule is Cc1ccc(S(=O)(=O)N2CC3=C(c4ccccc4)S(O)(O)C(S(=O)(=O)c4ccccc4C)=C3c3ccccc32)cc1. The van der Waals surface area contributed by atoms with Crippen molar-refractivity contribution in [2.75, 3.05) is 10.8 Å². The lowest BCUT2D eigenvalue weighted by Gasteiger charge is -2.33. The van der Waals surface area contributed by atoms with Crippen molar-refractivity contribution in [3.63, 3.8) is 0 Å². The summed E-state index contributed by atoms with van der Waals surface area (Å²) in [5.74, 6) is 0. The Balaban J connectivity index is 1.70. The quantitative estimate of drug-likeness (QED) is 0.258. The molecular weight excluding hydrogens is 579 g/mol. The number of fused-ring (bicyclic) bond motifs is 3. The summed E-state index contributed by atoms with van der Waals surface area (Å²) in [5.41, 5.74) is 2.70. The summed E-state index contributed by atoms with van der Waals surface area (Å²) < 4.78 is 81.3. The molecule has 0 bridgehead atoms. The van der Waals surface area contributed by atoms with Crippen LogP contribution in [0, 0.1) is 13.8 Å². The molecule has 0 unspecified atom stereocenters. The molecule has 0 atom stereocenters. The third-order valence-corrected chi connectivity index (χ3v) is 14.0. The maximum Gasteiger partial charge on any atom is 0.264 e. The van der Waals surface area contributed by atoms with Crippen LogP contribution in [0.5, 0.6) is 0 Å². The Hall–Kier alpha value is -3.67. The number of rotatable bonds is 5. The predicted molar refractivity (Wildman–Crippen MR) is 164 cm³/mol. The molecule has 0 amide bonds. The molecule has 6 rings (SSSR count). The fourth-order valence-electron chi connectivity index (χ4n) is 5.42. The maximum absolute atomic E-state index is 14.3. The molecule has 2 aliphatic heterocycles. The second-order valence-corrected chi connectivity index (χ2v) is 15.9. The highest BCUT2D eigenvalue weighted by atomic mass is 32.3. The Labute approximate surface area is 241 Å². The second kappa shape index (κ2) is 9.71. The molecule has 4 aromatic rings. The average Bonchev–Trinajstić information content (AvgIpc) is 3.20. The third kappa shape index (κ3) is 4.25. The van der Waals surface area contributed by atoms with Gasteiger partial charge in [0.2, 0.25) is 9.84 Å². The third-order valence-electron chi connectivity index (χ3n) is 7.34. The Kier molecular flexibility index (Phi) is 6.51. The fraction of sp³-hybridized carbons (Fsp3) is 0.0968. The number of sulfone groups is 1. The highest BCUT2D eigenvalue weighted by molar-refractivity contribution is 8.42. The van der Waals surface area contributed by atoms with Crippen molar-refractivity contribution >= 4 is 46.6 Å². The van der Waals surface area contributed by atoms with E-state index in [1.54, 1.807) is 91.9 Å². The van der Waals surface area contributed by atoms with E-state index in [0.717, 1.165) is 5.56 Å².